The number of anilines is 2. The van der Waals surface area contributed by atoms with Crippen LogP contribution in [0.15, 0.2) is 79.0 Å². The van der Waals surface area contributed by atoms with Gasteiger partial charge in [0.05, 0.1) is 30.6 Å². The topological polar surface area (TPSA) is 45.6 Å². The summed E-state index contributed by atoms with van der Waals surface area (Å²) in [6.07, 6.45) is 1.83. The van der Waals surface area contributed by atoms with Gasteiger partial charge in [-0.25, -0.2) is 0 Å². The highest BCUT2D eigenvalue weighted by molar-refractivity contribution is 7.80. The molecule has 1 fully saturated rings. The monoisotopic (exact) mass is 497 g/mol. The van der Waals surface area contributed by atoms with Crippen LogP contribution >= 0.6 is 12.2 Å². The third-order valence-electron chi connectivity index (χ3n) is 6.86. The molecule has 0 unspecified atom stereocenters. The van der Waals surface area contributed by atoms with Crippen LogP contribution in [-0.2, 0) is 0 Å². The molecular formula is C29H31N5OS. The molecule has 0 aliphatic carbocycles. The predicted molar refractivity (Wildman–Crippen MR) is 150 cm³/mol. The van der Waals surface area contributed by atoms with Crippen LogP contribution in [-0.4, -0.2) is 35.9 Å². The molecule has 0 spiro atoms. The highest BCUT2D eigenvalue weighted by atomic mass is 32.1. The highest BCUT2D eigenvalue weighted by Crippen LogP contribution is 2.46. The Hall–Kier alpha value is -3.84. The summed E-state index contributed by atoms with van der Waals surface area (Å²) in [4.78, 5) is 8.98. The second kappa shape index (κ2) is 9.66. The third-order valence-corrected chi connectivity index (χ3v) is 7.17. The molecule has 2 aromatic carbocycles. The number of aryl methyl sites for hydroxylation is 1. The summed E-state index contributed by atoms with van der Waals surface area (Å²) >= 11 is 5.92. The summed E-state index contributed by atoms with van der Waals surface area (Å²) in [7, 11) is 5.80. The number of thiocarbonyl (C=S) groups is 1. The van der Waals surface area contributed by atoms with Crippen molar-refractivity contribution in [3.63, 3.8) is 0 Å². The molecule has 7 heteroatoms. The molecule has 3 heterocycles. The number of nitrogens with one attached hydrogen (secondary N) is 1. The number of ether oxygens (including phenoxy) is 1. The van der Waals surface area contributed by atoms with Crippen molar-refractivity contribution in [1.82, 2.24) is 14.9 Å². The first-order valence-electron chi connectivity index (χ1n) is 12.0. The van der Waals surface area contributed by atoms with Crippen molar-refractivity contribution in [2.45, 2.75) is 25.9 Å². The lowest BCUT2D eigenvalue weighted by atomic mass is 9.96. The molecule has 4 aromatic rings. The number of para-hydroxylation sites is 2. The SMILES string of the molecule is COc1ccccc1N1C(=S)N[C@H](c2ccccn2)[C@H]1c1cc(C)n(-c2ccc(N(C)C)cc2)c1C. The van der Waals surface area contributed by atoms with E-state index in [-0.39, 0.29) is 12.1 Å². The maximum Gasteiger partial charge on any atom is 0.174 e. The van der Waals surface area contributed by atoms with Crippen LogP contribution in [0.5, 0.6) is 5.75 Å². The average Bonchev–Trinajstić information content (AvgIpc) is 3.39. The van der Waals surface area contributed by atoms with E-state index in [4.69, 9.17) is 21.9 Å². The number of methoxy groups -OCH3 is 1. The second-order valence-corrected chi connectivity index (χ2v) is 9.63. The Morgan fingerprint density at radius 1 is 0.972 bits per heavy atom. The van der Waals surface area contributed by atoms with Gasteiger partial charge < -0.3 is 24.4 Å². The average molecular weight is 498 g/mol. The minimum absolute atomic E-state index is 0.107. The van der Waals surface area contributed by atoms with Crippen LogP contribution in [0, 0.1) is 13.8 Å². The normalized spacial score (nSPS) is 17.2. The number of nitrogens with zero attached hydrogens (tertiary/aromatic N) is 4. The van der Waals surface area contributed by atoms with Crippen molar-refractivity contribution >= 4 is 28.7 Å². The standard InChI is InChI=1S/C29H31N5OS/c1-19-18-23(20(2)33(19)22-15-13-21(14-16-22)32(3)4)28-27(24-10-8-9-17-30-24)31-29(36)34(28)25-11-6-7-12-26(25)35-5/h6-18,27-28H,1-5H3,(H,31,36)/t27-,28-/m1/s1. The Morgan fingerprint density at radius 3 is 2.36 bits per heavy atom. The lowest BCUT2D eigenvalue weighted by Gasteiger charge is -2.29. The van der Waals surface area contributed by atoms with Gasteiger partial charge in [0.15, 0.2) is 5.11 Å². The number of pyridine rings is 1. The zero-order valence-corrected chi connectivity index (χ0v) is 22.1. The molecule has 2 aromatic heterocycles. The fourth-order valence-corrected chi connectivity index (χ4v) is 5.48. The van der Waals surface area contributed by atoms with Gasteiger partial charge in [-0.2, -0.15) is 0 Å². The predicted octanol–water partition coefficient (Wildman–Crippen LogP) is 5.74. The molecule has 0 radical (unpaired) electrons. The van der Waals surface area contributed by atoms with Crippen LogP contribution in [0.1, 0.15) is 34.7 Å². The van der Waals surface area contributed by atoms with Crippen molar-refractivity contribution in [3.8, 4) is 11.4 Å². The minimum atomic E-state index is -0.117. The number of hydrogen-bond donors (Lipinski definition) is 1. The van der Waals surface area contributed by atoms with Crippen LogP contribution in [0.4, 0.5) is 11.4 Å². The lowest BCUT2D eigenvalue weighted by molar-refractivity contribution is 0.414. The zero-order chi connectivity index (χ0) is 25.4. The Kier molecular flexibility index (Phi) is 6.41. The third kappa shape index (κ3) is 4.09. The summed E-state index contributed by atoms with van der Waals surface area (Å²) in [5.41, 5.74) is 7.71. The Bertz CT molecular complexity index is 1380. The summed E-state index contributed by atoms with van der Waals surface area (Å²) in [5.74, 6) is 0.779. The van der Waals surface area contributed by atoms with Crippen molar-refractivity contribution in [3.05, 3.63) is 102 Å². The minimum Gasteiger partial charge on any atom is -0.495 e. The van der Waals surface area contributed by atoms with E-state index in [2.05, 4.69) is 90.1 Å². The summed E-state index contributed by atoms with van der Waals surface area (Å²) in [6.45, 7) is 4.33. The van der Waals surface area contributed by atoms with E-state index >= 15 is 0 Å². The molecule has 36 heavy (non-hydrogen) atoms. The van der Waals surface area contributed by atoms with Gasteiger partial charge in [0.2, 0.25) is 0 Å². The zero-order valence-electron chi connectivity index (χ0n) is 21.3. The van der Waals surface area contributed by atoms with E-state index in [0.29, 0.717) is 5.11 Å². The van der Waals surface area contributed by atoms with E-state index in [1.54, 1.807) is 7.11 Å². The van der Waals surface area contributed by atoms with E-state index in [0.717, 1.165) is 28.5 Å². The van der Waals surface area contributed by atoms with Gasteiger partial charge >= 0.3 is 0 Å². The van der Waals surface area contributed by atoms with Crippen molar-refractivity contribution in [1.29, 1.82) is 0 Å². The molecule has 0 saturated carbocycles. The summed E-state index contributed by atoms with van der Waals surface area (Å²) in [6, 6.07) is 24.7. The fraction of sp³-hybridized carbons (Fsp3) is 0.241. The van der Waals surface area contributed by atoms with Crippen molar-refractivity contribution in [2.75, 3.05) is 31.0 Å². The highest BCUT2D eigenvalue weighted by Gasteiger charge is 2.43. The molecule has 0 amide bonds. The molecule has 2 atom stereocenters. The Morgan fingerprint density at radius 2 is 1.69 bits per heavy atom. The molecule has 1 aliphatic rings. The van der Waals surface area contributed by atoms with Gasteiger partial charge in [-0.15, -0.1) is 0 Å². The number of aromatic nitrogens is 2. The number of benzene rings is 2. The molecule has 1 aliphatic heterocycles. The first kappa shape index (κ1) is 23.9. The van der Waals surface area contributed by atoms with Gasteiger partial charge in [0, 0.05) is 43.1 Å². The van der Waals surface area contributed by atoms with Gasteiger partial charge in [0.1, 0.15) is 5.75 Å². The Balaban J connectivity index is 1.67. The van der Waals surface area contributed by atoms with E-state index in [1.165, 1.54) is 16.9 Å². The maximum atomic E-state index is 5.92. The lowest BCUT2D eigenvalue weighted by Crippen LogP contribution is -2.30. The van der Waals surface area contributed by atoms with Gasteiger partial charge in [-0.3, -0.25) is 4.98 Å². The molecule has 5 rings (SSSR count). The van der Waals surface area contributed by atoms with E-state index < -0.39 is 0 Å². The largest absolute Gasteiger partial charge is 0.495 e. The van der Waals surface area contributed by atoms with Gasteiger partial charge in [-0.05, 0) is 86.2 Å². The molecule has 184 valence electrons. The van der Waals surface area contributed by atoms with Crippen LogP contribution in [0.3, 0.4) is 0 Å². The maximum absolute atomic E-state index is 5.92. The molecule has 0 bridgehead atoms. The number of hydrogen-bond acceptors (Lipinski definition) is 4. The van der Waals surface area contributed by atoms with Crippen LogP contribution < -0.4 is 19.9 Å². The second-order valence-electron chi connectivity index (χ2n) is 9.24. The van der Waals surface area contributed by atoms with E-state index in [9.17, 15) is 0 Å². The molecule has 6 nitrogen and oxygen atoms in total. The Labute approximate surface area is 218 Å². The first-order chi connectivity index (χ1) is 17.4. The van der Waals surface area contributed by atoms with Gasteiger partial charge in [-0.1, -0.05) is 18.2 Å². The molecular weight excluding hydrogens is 466 g/mol. The number of rotatable bonds is 6. The summed E-state index contributed by atoms with van der Waals surface area (Å²) in [5, 5.41) is 4.21. The van der Waals surface area contributed by atoms with Crippen molar-refractivity contribution < 1.29 is 4.74 Å². The fourth-order valence-electron chi connectivity index (χ4n) is 5.14. The first-order valence-corrected chi connectivity index (χ1v) is 12.4. The van der Waals surface area contributed by atoms with Crippen LogP contribution in [0.2, 0.25) is 0 Å². The summed E-state index contributed by atoms with van der Waals surface area (Å²) < 4.78 is 8.05. The quantitative estimate of drug-likeness (QED) is 0.343. The molecule has 1 saturated heterocycles. The van der Waals surface area contributed by atoms with E-state index in [1.807, 2.05) is 36.5 Å². The van der Waals surface area contributed by atoms with Crippen molar-refractivity contribution in [2.24, 2.45) is 0 Å². The van der Waals surface area contributed by atoms with Crippen LogP contribution in [0.25, 0.3) is 5.69 Å². The smallest absolute Gasteiger partial charge is 0.174 e. The van der Waals surface area contributed by atoms with Gasteiger partial charge in [0.25, 0.3) is 0 Å². The molecule has 1 N–H and O–H groups in total.